The smallest absolute Gasteiger partial charge is 0.150 e. The summed E-state index contributed by atoms with van der Waals surface area (Å²) in [7, 11) is 1.66. The molecule has 4 nitrogen and oxygen atoms in total. The van der Waals surface area contributed by atoms with E-state index in [9.17, 15) is 4.79 Å². The normalized spacial score (nSPS) is 10.9. The fourth-order valence-electron chi connectivity index (χ4n) is 1.89. The topological polar surface area (TPSA) is 40.5 Å². The molecule has 0 fully saturated rings. The lowest BCUT2D eigenvalue weighted by Gasteiger charge is -2.06. The number of aldehydes is 1. The molecule has 1 aromatic carbocycles. The molecule has 0 radical (unpaired) electrons. The van der Waals surface area contributed by atoms with Crippen molar-refractivity contribution in [2.45, 2.75) is 6.54 Å². The van der Waals surface area contributed by atoms with Crippen molar-refractivity contribution in [1.82, 2.24) is 4.57 Å². The Bertz CT molecular complexity index is 519. The zero-order valence-corrected chi connectivity index (χ0v) is 10.5. The van der Waals surface area contributed by atoms with E-state index in [-0.39, 0.29) is 0 Å². The summed E-state index contributed by atoms with van der Waals surface area (Å²) in [4.78, 5) is 10.7. The molecule has 1 heterocycles. The molecule has 1 aromatic heterocycles. The molecule has 0 unspecified atom stereocenters. The SMILES string of the molecule is COCCOCCn1ccc2cc(C=O)ccc21. The van der Waals surface area contributed by atoms with Gasteiger partial charge in [-0.1, -0.05) is 0 Å². The molecule has 0 saturated carbocycles. The number of ether oxygens (including phenoxy) is 2. The largest absolute Gasteiger partial charge is 0.382 e. The van der Waals surface area contributed by atoms with Crippen molar-refractivity contribution in [3.63, 3.8) is 0 Å². The van der Waals surface area contributed by atoms with Crippen LogP contribution in [0.15, 0.2) is 30.5 Å². The van der Waals surface area contributed by atoms with Gasteiger partial charge in [0.1, 0.15) is 6.29 Å². The lowest BCUT2D eigenvalue weighted by atomic mass is 10.2. The van der Waals surface area contributed by atoms with Crippen molar-refractivity contribution >= 4 is 17.2 Å². The third-order valence-corrected chi connectivity index (χ3v) is 2.84. The first-order chi connectivity index (χ1) is 8.85. The van der Waals surface area contributed by atoms with Gasteiger partial charge in [0.2, 0.25) is 0 Å². The highest BCUT2D eigenvalue weighted by Crippen LogP contribution is 2.16. The number of benzene rings is 1. The van der Waals surface area contributed by atoms with Crippen LogP contribution in [0.1, 0.15) is 10.4 Å². The van der Waals surface area contributed by atoms with Crippen molar-refractivity contribution in [3.05, 3.63) is 36.0 Å². The first-order valence-electron chi connectivity index (χ1n) is 5.96. The minimum Gasteiger partial charge on any atom is -0.382 e. The van der Waals surface area contributed by atoms with Crippen molar-refractivity contribution < 1.29 is 14.3 Å². The highest BCUT2D eigenvalue weighted by Gasteiger charge is 2.01. The molecular weight excluding hydrogens is 230 g/mol. The van der Waals surface area contributed by atoms with Crippen LogP contribution in [-0.4, -0.2) is 37.8 Å². The zero-order chi connectivity index (χ0) is 12.8. The number of hydrogen-bond donors (Lipinski definition) is 0. The van der Waals surface area contributed by atoms with E-state index in [1.807, 2.05) is 30.5 Å². The molecule has 18 heavy (non-hydrogen) atoms. The van der Waals surface area contributed by atoms with Gasteiger partial charge >= 0.3 is 0 Å². The Hall–Kier alpha value is -1.65. The van der Waals surface area contributed by atoms with E-state index in [1.165, 1.54) is 0 Å². The average molecular weight is 247 g/mol. The molecule has 0 bridgehead atoms. The molecule has 2 rings (SSSR count). The standard InChI is InChI=1S/C14H17NO3/c1-17-8-9-18-7-6-15-5-4-13-10-12(11-16)2-3-14(13)15/h2-5,10-11H,6-9H2,1H3. The molecule has 4 heteroatoms. The Morgan fingerprint density at radius 2 is 2.11 bits per heavy atom. The Kier molecular flexibility index (Phi) is 4.50. The summed E-state index contributed by atoms with van der Waals surface area (Å²) in [6, 6.07) is 7.70. The van der Waals surface area contributed by atoms with Gasteiger partial charge in [0.25, 0.3) is 0 Å². The molecule has 0 spiro atoms. The number of carbonyl (C=O) groups excluding carboxylic acids is 1. The van der Waals surface area contributed by atoms with Crippen molar-refractivity contribution in [2.24, 2.45) is 0 Å². The van der Waals surface area contributed by atoms with Crippen LogP contribution in [0.5, 0.6) is 0 Å². The predicted octanol–water partition coefficient (Wildman–Crippen LogP) is 2.12. The Morgan fingerprint density at radius 1 is 1.22 bits per heavy atom. The van der Waals surface area contributed by atoms with E-state index < -0.39 is 0 Å². The third kappa shape index (κ3) is 2.97. The number of aromatic nitrogens is 1. The second kappa shape index (κ2) is 6.33. The first kappa shape index (κ1) is 12.8. The minimum absolute atomic E-state index is 0.616. The summed E-state index contributed by atoms with van der Waals surface area (Å²) >= 11 is 0. The number of rotatable bonds is 7. The minimum atomic E-state index is 0.616. The Labute approximate surface area is 106 Å². The number of nitrogens with zero attached hydrogens (tertiary/aromatic N) is 1. The van der Waals surface area contributed by atoms with E-state index in [0.717, 1.165) is 23.7 Å². The van der Waals surface area contributed by atoms with Crippen molar-refractivity contribution in [3.8, 4) is 0 Å². The molecule has 2 aromatic rings. The van der Waals surface area contributed by atoms with Crippen LogP contribution in [0.25, 0.3) is 10.9 Å². The molecule has 0 amide bonds. The first-order valence-corrected chi connectivity index (χ1v) is 5.96. The van der Waals surface area contributed by atoms with E-state index in [2.05, 4.69) is 4.57 Å². The second-order valence-electron chi connectivity index (χ2n) is 4.05. The van der Waals surface area contributed by atoms with Crippen LogP contribution in [-0.2, 0) is 16.0 Å². The Morgan fingerprint density at radius 3 is 2.89 bits per heavy atom. The average Bonchev–Trinajstić information content (AvgIpc) is 2.81. The van der Waals surface area contributed by atoms with Crippen LogP contribution < -0.4 is 0 Å². The molecule has 0 aliphatic rings. The van der Waals surface area contributed by atoms with Crippen molar-refractivity contribution in [1.29, 1.82) is 0 Å². The number of fused-ring (bicyclic) bond motifs is 1. The second-order valence-corrected chi connectivity index (χ2v) is 4.05. The van der Waals surface area contributed by atoms with Gasteiger partial charge < -0.3 is 14.0 Å². The number of methoxy groups -OCH3 is 1. The van der Waals surface area contributed by atoms with E-state index in [0.29, 0.717) is 25.4 Å². The molecule has 0 atom stereocenters. The number of carbonyl (C=O) groups is 1. The summed E-state index contributed by atoms with van der Waals surface area (Å²) in [6.07, 6.45) is 2.88. The maximum atomic E-state index is 10.7. The summed E-state index contributed by atoms with van der Waals surface area (Å²) in [6.45, 7) is 2.69. The maximum absolute atomic E-state index is 10.7. The highest BCUT2D eigenvalue weighted by atomic mass is 16.5. The quantitative estimate of drug-likeness (QED) is 0.556. The monoisotopic (exact) mass is 247 g/mol. The van der Waals surface area contributed by atoms with Crippen LogP contribution in [0.3, 0.4) is 0 Å². The molecule has 0 aliphatic carbocycles. The summed E-state index contributed by atoms with van der Waals surface area (Å²) in [5.74, 6) is 0. The molecule has 0 N–H and O–H groups in total. The van der Waals surface area contributed by atoms with E-state index >= 15 is 0 Å². The summed E-state index contributed by atoms with van der Waals surface area (Å²) in [5, 5.41) is 1.08. The van der Waals surface area contributed by atoms with E-state index in [4.69, 9.17) is 9.47 Å². The lowest BCUT2D eigenvalue weighted by Crippen LogP contribution is -2.08. The molecule has 0 saturated heterocycles. The Balaban J connectivity index is 1.99. The zero-order valence-electron chi connectivity index (χ0n) is 10.5. The van der Waals surface area contributed by atoms with Gasteiger partial charge in [0.05, 0.1) is 19.8 Å². The van der Waals surface area contributed by atoms with Crippen LogP contribution in [0, 0.1) is 0 Å². The predicted molar refractivity (Wildman–Crippen MR) is 70.0 cm³/mol. The van der Waals surface area contributed by atoms with Gasteiger partial charge in [-0.15, -0.1) is 0 Å². The van der Waals surface area contributed by atoms with Crippen molar-refractivity contribution in [2.75, 3.05) is 26.9 Å². The highest BCUT2D eigenvalue weighted by molar-refractivity contribution is 5.87. The fourth-order valence-corrected chi connectivity index (χ4v) is 1.89. The van der Waals surface area contributed by atoms with Crippen LogP contribution >= 0.6 is 0 Å². The lowest BCUT2D eigenvalue weighted by molar-refractivity contribution is 0.0670. The molecular formula is C14H17NO3. The number of hydrogen-bond acceptors (Lipinski definition) is 3. The van der Waals surface area contributed by atoms with Gasteiger partial charge in [-0.3, -0.25) is 4.79 Å². The van der Waals surface area contributed by atoms with Crippen LogP contribution in [0.2, 0.25) is 0 Å². The van der Waals surface area contributed by atoms with Gasteiger partial charge in [0, 0.05) is 36.3 Å². The van der Waals surface area contributed by atoms with Crippen LogP contribution in [0.4, 0.5) is 0 Å². The maximum Gasteiger partial charge on any atom is 0.150 e. The van der Waals surface area contributed by atoms with Gasteiger partial charge in [-0.05, 0) is 24.3 Å². The third-order valence-electron chi connectivity index (χ3n) is 2.84. The van der Waals surface area contributed by atoms with Gasteiger partial charge in [-0.25, -0.2) is 0 Å². The summed E-state index contributed by atoms with van der Waals surface area (Å²) < 4.78 is 12.5. The van der Waals surface area contributed by atoms with Gasteiger partial charge in [-0.2, -0.15) is 0 Å². The summed E-state index contributed by atoms with van der Waals surface area (Å²) in [5.41, 5.74) is 1.83. The van der Waals surface area contributed by atoms with E-state index in [1.54, 1.807) is 7.11 Å². The molecule has 96 valence electrons. The van der Waals surface area contributed by atoms with Gasteiger partial charge in [0.15, 0.2) is 0 Å². The fraction of sp³-hybridized carbons (Fsp3) is 0.357. The molecule has 0 aliphatic heterocycles.